The number of nitrogens with two attached hydrogens (primary N) is 1. The number of hydrogen-bond donors (Lipinski definition) is 1. The molecule has 0 aliphatic carbocycles. The lowest BCUT2D eigenvalue weighted by Gasteiger charge is -2.22. The van der Waals surface area contributed by atoms with Crippen LogP contribution in [0.4, 0.5) is 0 Å². The molecule has 2 unspecified atom stereocenters. The Balaban J connectivity index is 0.00000144. The highest BCUT2D eigenvalue weighted by atomic mass is 35.5. The number of halogens is 1. The van der Waals surface area contributed by atoms with Crippen LogP contribution in [0.2, 0.25) is 0 Å². The molecule has 1 aromatic rings. The Morgan fingerprint density at radius 1 is 1.24 bits per heavy atom. The number of fused-ring (bicyclic) bond motifs is 1. The van der Waals surface area contributed by atoms with Gasteiger partial charge in [-0.2, -0.15) is 0 Å². The Kier molecular flexibility index (Phi) is 4.54. The summed E-state index contributed by atoms with van der Waals surface area (Å²) in [5.41, 5.74) is 8.28. The third kappa shape index (κ3) is 2.79. The van der Waals surface area contributed by atoms with E-state index < -0.39 is 0 Å². The molecule has 4 heteroatoms. The van der Waals surface area contributed by atoms with E-state index in [-0.39, 0.29) is 30.3 Å². The SMILES string of the molecule is CC(N)C(C)C(=O)N1Cc2ccccc2C1.Cl. The largest absolute Gasteiger partial charge is 0.334 e. The van der Waals surface area contributed by atoms with E-state index in [1.165, 1.54) is 11.1 Å². The maximum Gasteiger partial charge on any atom is 0.227 e. The van der Waals surface area contributed by atoms with Gasteiger partial charge in [0.15, 0.2) is 0 Å². The molecule has 2 atom stereocenters. The molecule has 0 fully saturated rings. The van der Waals surface area contributed by atoms with Gasteiger partial charge in [-0.3, -0.25) is 4.79 Å². The quantitative estimate of drug-likeness (QED) is 0.877. The standard InChI is InChI=1S/C13H18N2O.ClH/c1-9(10(2)14)13(16)15-7-11-5-3-4-6-12(11)8-15;/h3-6,9-10H,7-8,14H2,1-2H3;1H. The molecule has 0 saturated heterocycles. The predicted octanol–water partition coefficient (Wildman–Crippen LogP) is 1.93. The van der Waals surface area contributed by atoms with Gasteiger partial charge in [-0.05, 0) is 18.1 Å². The van der Waals surface area contributed by atoms with Crippen molar-refractivity contribution < 1.29 is 4.79 Å². The van der Waals surface area contributed by atoms with Gasteiger partial charge >= 0.3 is 0 Å². The number of carbonyl (C=O) groups is 1. The normalized spacial score (nSPS) is 17.0. The molecule has 0 aromatic heterocycles. The second kappa shape index (κ2) is 5.52. The molecule has 1 amide bonds. The number of carbonyl (C=O) groups excluding carboxylic acids is 1. The summed E-state index contributed by atoms with van der Waals surface area (Å²) in [6.45, 7) is 5.24. The summed E-state index contributed by atoms with van der Waals surface area (Å²) in [6.07, 6.45) is 0. The Morgan fingerprint density at radius 3 is 2.12 bits per heavy atom. The first-order chi connectivity index (χ1) is 7.59. The average Bonchev–Trinajstić information content (AvgIpc) is 2.70. The van der Waals surface area contributed by atoms with Crippen LogP contribution >= 0.6 is 12.4 Å². The summed E-state index contributed by atoms with van der Waals surface area (Å²) < 4.78 is 0. The van der Waals surface area contributed by atoms with Crippen molar-refractivity contribution >= 4 is 18.3 Å². The van der Waals surface area contributed by atoms with E-state index in [4.69, 9.17) is 5.73 Å². The van der Waals surface area contributed by atoms with Crippen LogP contribution in [0.3, 0.4) is 0 Å². The molecule has 3 nitrogen and oxygen atoms in total. The fraction of sp³-hybridized carbons (Fsp3) is 0.462. The van der Waals surface area contributed by atoms with E-state index in [1.54, 1.807) is 0 Å². The highest BCUT2D eigenvalue weighted by molar-refractivity contribution is 5.85. The zero-order valence-corrected chi connectivity index (χ0v) is 11.0. The first-order valence-corrected chi connectivity index (χ1v) is 5.70. The summed E-state index contributed by atoms with van der Waals surface area (Å²) in [6, 6.07) is 8.11. The van der Waals surface area contributed by atoms with Crippen LogP contribution in [0.5, 0.6) is 0 Å². The van der Waals surface area contributed by atoms with E-state index in [2.05, 4.69) is 12.1 Å². The highest BCUT2D eigenvalue weighted by Crippen LogP contribution is 2.24. The topological polar surface area (TPSA) is 46.3 Å². The summed E-state index contributed by atoms with van der Waals surface area (Å²) in [5.74, 6) is 0.0560. The highest BCUT2D eigenvalue weighted by Gasteiger charge is 2.27. The lowest BCUT2D eigenvalue weighted by atomic mass is 10.0. The molecule has 17 heavy (non-hydrogen) atoms. The van der Waals surface area contributed by atoms with Crippen LogP contribution in [-0.2, 0) is 17.9 Å². The predicted molar refractivity (Wildman–Crippen MR) is 70.8 cm³/mol. The molecular formula is C13H19ClN2O. The Bertz CT molecular complexity index is 381. The number of benzene rings is 1. The maximum absolute atomic E-state index is 12.1. The van der Waals surface area contributed by atoms with Gasteiger partial charge in [-0.15, -0.1) is 12.4 Å². The lowest BCUT2D eigenvalue weighted by molar-refractivity contribution is -0.136. The third-order valence-corrected chi connectivity index (χ3v) is 3.33. The Labute approximate surface area is 108 Å². The number of nitrogens with zero attached hydrogens (tertiary/aromatic N) is 1. The average molecular weight is 255 g/mol. The molecule has 1 aromatic carbocycles. The van der Waals surface area contributed by atoms with Gasteiger partial charge in [-0.1, -0.05) is 31.2 Å². The number of hydrogen-bond acceptors (Lipinski definition) is 2. The minimum Gasteiger partial charge on any atom is -0.334 e. The van der Waals surface area contributed by atoms with E-state index in [1.807, 2.05) is 30.9 Å². The van der Waals surface area contributed by atoms with Gasteiger partial charge < -0.3 is 10.6 Å². The van der Waals surface area contributed by atoms with E-state index in [0.717, 1.165) is 13.1 Å². The molecule has 0 radical (unpaired) electrons. The van der Waals surface area contributed by atoms with Crippen LogP contribution < -0.4 is 5.73 Å². The summed E-state index contributed by atoms with van der Waals surface area (Å²) >= 11 is 0. The molecule has 0 saturated carbocycles. The fourth-order valence-corrected chi connectivity index (χ4v) is 2.00. The van der Waals surface area contributed by atoms with Gasteiger partial charge in [0.05, 0.1) is 5.92 Å². The van der Waals surface area contributed by atoms with Crippen molar-refractivity contribution in [3.8, 4) is 0 Å². The van der Waals surface area contributed by atoms with E-state index >= 15 is 0 Å². The zero-order valence-electron chi connectivity index (χ0n) is 10.2. The lowest BCUT2D eigenvalue weighted by Crippen LogP contribution is -2.39. The minimum atomic E-state index is -0.102. The Morgan fingerprint density at radius 2 is 1.71 bits per heavy atom. The number of amides is 1. The van der Waals surface area contributed by atoms with E-state index in [9.17, 15) is 4.79 Å². The van der Waals surface area contributed by atoms with Gasteiger partial charge in [-0.25, -0.2) is 0 Å². The molecule has 2 N–H and O–H groups in total. The van der Waals surface area contributed by atoms with Crippen molar-refractivity contribution in [3.63, 3.8) is 0 Å². The maximum atomic E-state index is 12.1. The molecule has 2 rings (SSSR count). The molecule has 0 bridgehead atoms. The van der Waals surface area contributed by atoms with Crippen molar-refractivity contribution in [2.24, 2.45) is 11.7 Å². The molecule has 1 aliphatic heterocycles. The molecule has 1 aliphatic rings. The molecule has 1 heterocycles. The van der Waals surface area contributed by atoms with Crippen LogP contribution in [0.1, 0.15) is 25.0 Å². The zero-order chi connectivity index (χ0) is 11.7. The van der Waals surface area contributed by atoms with Crippen LogP contribution in [0.25, 0.3) is 0 Å². The van der Waals surface area contributed by atoms with Gasteiger partial charge in [0.1, 0.15) is 0 Å². The first-order valence-electron chi connectivity index (χ1n) is 5.70. The van der Waals surface area contributed by atoms with Crippen molar-refractivity contribution in [2.75, 3.05) is 0 Å². The summed E-state index contributed by atoms with van der Waals surface area (Å²) in [5, 5.41) is 0. The van der Waals surface area contributed by atoms with Gasteiger partial charge in [0.2, 0.25) is 5.91 Å². The summed E-state index contributed by atoms with van der Waals surface area (Å²) in [7, 11) is 0. The van der Waals surface area contributed by atoms with Crippen molar-refractivity contribution in [3.05, 3.63) is 35.4 Å². The molecule has 0 spiro atoms. The number of rotatable bonds is 2. The molecule has 94 valence electrons. The van der Waals surface area contributed by atoms with Crippen molar-refractivity contribution in [1.82, 2.24) is 4.90 Å². The van der Waals surface area contributed by atoms with Crippen LogP contribution in [-0.4, -0.2) is 16.8 Å². The fourth-order valence-electron chi connectivity index (χ4n) is 2.00. The van der Waals surface area contributed by atoms with E-state index in [0.29, 0.717) is 0 Å². The minimum absolute atomic E-state index is 0. The van der Waals surface area contributed by atoms with Crippen molar-refractivity contribution in [2.45, 2.75) is 33.0 Å². The molecular weight excluding hydrogens is 236 g/mol. The van der Waals surface area contributed by atoms with Gasteiger partial charge in [0, 0.05) is 19.1 Å². The van der Waals surface area contributed by atoms with Crippen molar-refractivity contribution in [1.29, 1.82) is 0 Å². The van der Waals surface area contributed by atoms with Crippen LogP contribution in [0, 0.1) is 5.92 Å². The van der Waals surface area contributed by atoms with Crippen LogP contribution in [0.15, 0.2) is 24.3 Å². The third-order valence-electron chi connectivity index (χ3n) is 3.33. The second-order valence-corrected chi connectivity index (χ2v) is 4.61. The second-order valence-electron chi connectivity index (χ2n) is 4.61. The smallest absolute Gasteiger partial charge is 0.227 e. The summed E-state index contributed by atoms with van der Waals surface area (Å²) in [4.78, 5) is 14.0. The Hall–Kier alpha value is -1.06. The first kappa shape index (κ1) is 14.0. The van der Waals surface area contributed by atoms with Gasteiger partial charge in [0.25, 0.3) is 0 Å². The monoisotopic (exact) mass is 254 g/mol.